The van der Waals surface area contributed by atoms with E-state index in [0.717, 1.165) is 0 Å². The molecule has 3 N–H and O–H groups in total. The maximum atomic E-state index is 11.0. The Balaban J connectivity index is 0. The molecule has 0 saturated carbocycles. The van der Waals surface area contributed by atoms with Gasteiger partial charge in [0.15, 0.2) is 0 Å². The monoisotopic (exact) mass is 256 g/mol. The Bertz CT molecular complexity index is 226. The molecule has 0 saturated heterocycles. The van der Waals surface area contributed by atoms with Gasteiger partial charge in [0.1, 0.15) is 11.2 Å². The van der Waals surface area contributed by atoms with Crippen LogP contribution in [0.15, 0.2) is 0 Å². The SMILES string of the molecule is CCC(CC)(C(C)=O)C(=O)O.[O]=[Ti]([OH])[OH]. The van der Waals surface area contributed by atoms with Crippen molar-refractivity contribution in [3.05, 3.63) is 0 Å². The van der Waals surface area contributed by atoms with Gasteiger partial charge in [-0.1, -0.05) is 13.8 Å². The summed E-state index contributed by atoms with van der Waals surface area (Å²) in [7, 11) is 0. The molecule has 7 heteroatoms. The van der Waals surface area contributed by atoms with E-state index in [0.29, 0.717) is 12.8 Å². The summed E-state index contributed by atoms with van der Waals surface area (Å²) < 4.78 is 23.2. The third-order valence-corrected chi connectivity index (χ3v) is 2.29. The predicted molar refractivity (Wildman–Crippen MR) is 46.5 cm³/mol. The van der Waals surface area contributed by atoms with Crippen molar-refractivity contribution in [2.24, 2.45) is 5.41 Å². The fourth-order valence-electron chi connectivity index (χ4n) is 1.20. The molecule has 0 amide bonds. The number of carboxylic acid groups (broad SMARTS) is 1. The van der Waals surface area contributed by atoms with E-state index in [2.05, 4.69) is 0 Å². The zero-order valence-corrected chi connectivity index (χ0v) is 10.5. The Morgan fingerprint density at radius 2 is 1.47 bits per heavy atom. The molecule has 0 unspecified atom stereocenters. The Morgan fingerprint density at radius 3 is 1.47 bits per heavy atom. The standard InChI is InChI=1S/C8H14O3.2H2O.O.Ti/c1-4-8(5-2,6(3)9)7(10)11;;;;/h4-5H2,1-3H3,(H,10,11);2*1H2;;/q;;;;+2/p-2. The van der Waals surface area contributed by atoms with Crippen molar-refractivity contribution in [2.75, 3.05) is 0 Å². The molecule has 0 heterocycles. The molecular formula is C8H16O6Ti. The fraction of sp³-hybridized carbons (Fsp3) is 0.750. The van der Waals surface area contributed by atoms with Gasteiger partial charge in [-0.05, 0) is 19.8 Å². The van der Waals surface area contributed by atoms with Crippen LogP contribution in [-0.2, 0) is 31.5 Å². The van der Waals surface area contributed by atoms with Gasteiger partial charge >= 0.3 is 35.3 Å². The summed E-state index contributed by atoms with van der Waals surface area (Å²) in [5, 5.41) is 8.77. The summed E-state index contributed by atoms with van der Waals surface area (Å²) in [6.07, 6.45) is 0.738. The first-order chi connectivity index (χ1) is 6.74. The summed E-state index contributed by atoms with van der Waals surface area (Å²) >= 11 is -3.58. The number of hydrogen-bond acceptors (Lipinski definition) is 3. The minimum absolute atomic E-state index is 0.255. The average molecular weight is 256 g/mol. The first-order valence-electron chi connectivity index (χ1n) is 4.40. The molecule has 0 aromatic carbocycles. The minimum atomic E-state index is -3.58. The van der Waals surface area contributed by atoms with Crippen LogP contribution >= 0.6 is 0 Å². The quantitative estimate of drug-likeness (QED) is 0.490. The summed E-state index contributed by atoms with van der Waals surface area (Å²) in [6, 6.07) is 0. The van der Waals surface area contributed by atoms with Crippen molar-refractivity contribution in [3.8, 4) is 0 Å². The van der Waals surface area contributed by atoms with Crippen molar-refractivity contribution in [1.82, 2.24) is 0 Å². The molecule has 0 rings (SSSR count). The molecule has 0 aromatic rings. The molecule has 0 bridgehead atoms. The summed E-state index contributed by atoms with van der Waals surface area (Å²) in [4.78, 5) is 21.7. The van der Waals surface area contributed by atoms with Crippen molar-refractivity contribution in [3.63, 3.8) is 0 Å². The Morgan fingerprint density at radius 1 is 1.20 bits per heavy atom. The molecule has 0 spiro atoms. The van der Waals surface area contributed by atoms with Gasteiger partial charge in [-0.25, -0.2) is 0 Å². The number of ketones is 1. The number of carboxylic acids is 1. The summed E-state index contributed by atoms with van der Waals surface area (Å²) in [6.45, 7) is 4.78. The van der Waals surface area contributed by atoms with Crippen LogP contribution < -0.4 is 0 Å². The van der Waals surface area contributed by atoms with E-state index < -0.39 is 30.0 Å². The molecule has 0 aliphatic rings. The van der Waals surface area contributed by atoms with E-state index in [-0.39, 0.29) is 5.78 Å². The molecule has 0 aliphatic heterocycles. The normalized spacial score (nSPS) is 9.93. The van der Waals surface area contributed by atoms with E-state index in [1.54, 1.807) is 13.8 Å². The fourth-order valence-corrected chi connectivity index (χ4v) is 1.20. The molecule has 0 fully saturated rings. The van der Waals surface area contributed by atoms with Gasteiger partial charge in [0.2, 0.25) is 0 Å². The number of Topliss-reactive ketones (excluding diaryl/α,β-unsaturated/α-hetero) is 1. The molecule has 6 nitrogen and oxygen atoms in total. The molecule has 0 aromatic heterocycles. The van der Waals surface area contributed by atoms with E-state index in [4.69, 9.17) is 15.8 Å². The zero-order chi connectivity index (χ0) is 12.6. The number of carbonyl (C=O) groups is 2. The maximum absolute atomic E-state index is 11.0. The number of carbonyl (C=O) groups excluding carboxylic acids is 1. The summed E-state index contributed by atoms with van der Waals surface area (Å²) in [5.74, 6) is -1.26. The van der Waals surface area contributed by atoms with Gasteiger partial charge in [0.25, 0.3) is 0 Å². The Labute approximate surface area is 95.0 Å². The van der Waals surface area contributed by atoms with Crippen LogP contribution in [0.1, 0.15) is 33.6 Å². The second-order valence-electron chi connectivity index (χ2n) is 2.93. The summed E-state index contributed by atoms with van der Waals surface area (Å²) in [5.41, 5.74) is -1.14. The van der Waals surface area contributed by atoms with Crippen molar-refractivity contribution in [1.29, 1.82) is 0 Å². The number of aliphatic carboxylic acids is 1. The van der Waals surface area contributed by atoms with E-state index in [1.807, 2.05) is 0 Å². The molecular weight excluding hydrogens is 240 g/mol. The van der Waals surface area contributed by atoms with Crippen molar-refractivity contribution >= 4 is 11.8 Å². The topological polar surface area (TPSA) is 112 Å². The third kappa shape index (κ3) is 5.89. The first kappa shape index (κ1) is 17.0. The van der Waals surface area contributed by atoms with Gasteiger partial charge in [-0.15, -0.1) is 0 Å². The predicted octanol–water partition coefficient (Wildman–Crippen LogP) is 0.231. The van der Waals surface area contributed by atoms with E-state index in [1.165, 1.54) is 6.92 Å². The van der Waals surface area contributed by atoms with Crippen LogP contribution in [0, 0.1) is 5.41 Å². The van der Waals surface area contributed by atoms with Crippen molar-refractivity contribution < 1.29 is 44.0 Å². The number of hydrogen-bond donors (Lipinski definition) is 3. The zero-order valence-electron chi connectivity index (χ0n) is 8.98. The first-order valence-corrected chi connectivity index (χ1v) is 6.44. The van der Waals surface area contributed by atoms with E-state index in [9.17, 15) is 9.59 Å². The van der Waals surface area contributed by atoms with Gasteiger partial charge in [0.05, 0.1) is 0 Å². The Hall–Kier alpha value is -0.426. The second kappa shape index (κ2) is 7.81. The molecule has 15 heavy (non-hydrogen) atoms. The van der Waals surface area contributed by atoms with E-state index >= 15 is 0 Å². The van der Waals surface area contributed by atoms with Crippen LogP contribution in [0.5, 0.6) is 0 Å². The van der Waals surface area contributed by atoms with Gasteiger partial charge < -0.3 is 5.11 Å². The molecule has 0 atom stereocenters. The van der Waals surface area contributed by atoms with Crippen LogP contribution in [0.2, 0.25) is 0 Å². The van der Waals surface area contributed by atoms with Crippen LogP contribution in [-0.4, -0.2) is 24.2 Å². The average Bonchev–Trinajstić information content (AvgIpc) is 2.04. The van der Waals surface area contributed by atoms with Gasteiger partial charge in [-0.3, -0.25) is 9.59 Å². The second-order valence-corrected chi connectivity index (χ2v) is 3.82. The van der Waals surface area contributed by atoms with Crippen LogP contribution in [0.4, 0.5) is 0 Å². The van der Waals surface area contributed by atoms with Crippen LogP contribution in [0.3, 0.4) is 0 Å². The molecule has 88 valence electrons. The van der Waals surface area contributed by atoms with Gasteiger partial charge in [0, 0.05) is 0 Å². The van der Waals surface area contributed by atoms with Crippen LogP contribution in [0.25, 0.3) is 0 Å². The Kier molecular flexibility index (Phi) is 8.85. The number of rotatable bonds is 4. The molecule has 0 radical (unpaired) electrons. The third-order valence-electron chi connectivity index (χ3n) is 2.29. The van der Waals surface area contributed by atoms with Gasteiger partial charge in [-0.2, -0.15) is 0 Å². The molecule has 0 aliphatic carbocycles. The van der Waals surface area contributed by atoms with Crippen molar-refractivity contribution in [2.45, 2.75) is 33.6 Å².